The van der Waals surface area contributed by atoms with E-state index in [9.17, 15) is 0 Å². The van der Waals surface area contributed by atoms with E-state index < -0.39 is 0 Å². The fourth-order valence-corrected chi connectivity index (χ4v) is 6.40. The zero-order chi connectivity index (χ0) is 20.9. The highest BCUT2D eigenvalue weighted by atomic mass is 79.9. The Hall–Kier alpha value is -1.01. The van der Waals surface area contributed by atoms with Gasteiger partial charge < -0.3 is 15.0 Å². The third-order valence-corrected chi connectivity index (χ3v) is 8.52. The lowest BCUT2D eigenvalue weighted by Gasteiger charge is -2.43. The van der Waals surface area contributed by atoms with Crippen LogP contribution in [0.2, 0.25) is 0 Å². The van der Waals surface area contributed by atoms with Gasteiger partial charge in [0, 0.05) is 41.2 Å². The number of hydrogen-bond donors (Lipinski definition) is 1. The summed E-state index contributed by atoms with van der Waals surface area (Å²) in [5.41, 5.74) is 2.88. The molecular formula is C25H33BrN2OS. The largest absolute Gasteiger partial charge is 0.497 e. The number of piperidine rings is 1. The topological polar surface area (TPSA) is 24.5 Å². The summed E-state index contributed by atoms with van der Waals surface area (Å²) in [6.45, 7) is 2.19. The molecule has 0 aromatic heterocycles. The van der Waals surface area contributed by atoms with Gasteiger partial charge >= 0.3 is 0 Å². The fourth-order valence-electron chi connectivity index (χ4n) is 5.27. The van der Waals surface area contributed by atoms with Crippen LogP contribution in [0.3, 0.4) is 0 Å². The summed E-state index contributed by atoms with van der Waals surface area (Å²) < 4.78 is 6.41. The normalized spacial score (nSPS) is 26.1. The summed E-state index contributed by atoms with van der Waals surface area (Å²) in [6, 6.07) is 19.0. The maximum atomic E-state index is 5.24. The molecule has 0 unspecified atom stereocenters. The fraction of sp³-hybridized carbons (Fsp3) is 0.520. The first kappa shape index (κ1) is 22.2. The monoisotopic (exact) mass is 488 g/mol. The van der Waals surface area contributed by atoms with E-state index in [1.807, 2.05) is 23.9 Å². The number of rotatable bonds is 9. The van der Waals surface area contributed by atoms with Crippen LogP contribution >= 0.6 is 27.7 Å². The van der Waals surface area contributed by atoms with E-state index in [0.29, 0.717) is 11.8 Å². The highest BCUT2D eigenvalue weighted by Gasteiger charge is 2.45. The molecule has 0 radical (unpaired) electrons. The van der Waals surface area contributed by atoms with Crippen LogP contribution in [0, 0.1) is 5.92 Å². The summed E-state index contributed by atoms with van der Waals surface area (Å²) in [7, 11) is 4.06. The third kappa shape index (κ3) is 5.24. The summed E-state index contributed by atoms with van der Waals surface area (Å²) in [4.78, 5) is 2.67. The van der Waals surface area contributed by atoms with Gasteiger partial charge in [-0.25, -0.2) is 0 Å². The highest BCUT2D eigenvalue weighted by Crippen LogP contribution is 2.46. The van der Waals surface area contributed by atoms with E-state index in [-0.39, 0.29) is 0 Å². The lowest BCUT2D eigenvalue weighted by molar-refractivity contribution is 0.0993. The van der Waals surface area contributed by atoms with Crippen molar-refractivity contribution in [2.24, 2.45) is 5.92 Å². The Balaban J connectivity index is 1.27. The minimum absolute atomic E-state index is 0.672. The number of nitrogens with zero attached hydrogens (tertiary/aromatic N) is 1. The molecular weight excluding hydrogens is 456 g/mol. The summed E-state index contributed by atoms with van der Waals surface area (Å²) in [5.74, 6) is 4.50. The Morgan fingerprint density at radius 1 is 1.10 bits per heavy atom. The van der Waals surface area contributed by atoms with E-state index in [1.54, 1.807) is 7.11 Å². The molecule has 30 heavy (non-hydrogen) atoms. The van der Waals surface area contributed by atoms with Crippen molar-refractivity contribution in [3.8, 4) is 5.75 Å². The van der Waals surface area contributed by atoms with Gasteiger partial charge in [0.2, 0.25) is 0 Å². The number of benzene rings is 2. The van der Waals surface area contributed by atoms with E-state index in [0.717, 1.165) is 42.4 Å². The van der Waals surface area contributed by atoms with Gasteiger partial charge in [-0.15, -0.1) is 0 Å². The van der Waals surface area contributed by atoms with Crippen molar-refractivity contribution in [1.82, 2.24) is 10.2 Å². The predicted molar refractivity (Wildman–Crippen MR) is 132 cm³/mol. The van der Waals surface area contributed by atoms with Crippen LogP contribution in [0.1, 0.15) is 36.3 Å². The number of thioether (sulfide) groups is 1. The Morgan fingerprint density at radius 3 is 2.60 bits per heavy atom. The van der Waals surface area contributed by atoms with Gasteiger partial charge in [0.05, 0.1) is 7.11 Å². The van der Waals surface area contributed by atoms with Crippen LogP contribution in [0.15, 0.2) is 53.0 Å². The SMILES string of the molecule is COc1ccc(CSCCNC[C@H]2[C@@H](c3ccc(Br)cc3)C[C@@H]3CC[C@H]2N3C)cc1. The smallest absolute Gasteiger partial charge is 0.118 e. The van der Waals surface area contributed by atoms with Gasteiger partial charge in [0.15, 0.2) is 0 Å². The van der Waals surface area contributed by atoms with Crippen LogP contribution in [-0.4, -0.2) is 50.0 Å². The van der Waals surface area contributed by atoms with Crippen LogP contribution in [0.25, 0.3) is 0 Å². The second-order valence-corrected chi connectivity index (χ2v) is 10.6. The first-order valence-corrected chi connectivity index (χ1v) is 13.0. The summed E-state index contributed by atoms with van der Waals surface area (Å²) in [5, 5.41) is 3.80. The van der Waals surface area contributed by atoms with E-state index in [2.05, 4.69) is 69.6 Å². The van der Waals surface area contributed by atoms with Gasteiger partial charge in [-0.05, 0) is 73.5 Å². The molecule has 162 valence electrons. The molecule has 5 heteroatoms. The summed E-state index contributed by atoms with van der Waals surface area (Å²) >= 11 is 5.59. The average Bonchev–Trinajstić information content (AvgIpc) is 3.01. The molecule has 2 bridgehead atoms. The molecule has 2 aliphatic rings. The van der Waals surface area contributed by atoms with Gasteiger partial charge in [-0.2, -0.15) is 11.8 Å². The molecule has 1 N–H and O–H groups in total. The van der Waals surface area contributed by atoms with Crippen molar-refractivity contribution < 1.29 is 4.74 Å². The van der Waals surface area contributed by atoms with Crippen LogP contribution in [0.4, 0.5) is 0 Å². The number of ether oxygens (including phenoxy) is 1. The number of hydrogen-bond acceptors (Lipinski definition) is 4. The molecule has 2 heterocycles. The molecule has 2 saturated heterocycles. The van der Waals surface area contributed by atoms with Crippen molar-refractivity contribution in [2.45, 2.75) is 43.0 Å². The highest BCUT2D eigenvalue weighted by molar-refractivity contribution is 9.10. The second-order valence-electron chi connectivity index (χ2n) is 8.63. The van der Waals surface area contributed by atoms with E-state index in [4.69, 9.17) is 4.74 Å². The molecule has 0 spiro atoms. The van der Waals surface area contributed by atoms with Crippen molar-refractivity contribution in [3.63, 3.8) is 0 Å². The maximum absolute atomic E-state index is 5.24. The van der Waals surface area contributed by atoms with Crippen molar-refractivity contribution >= 4 is 27.7 Å². The molecule has 4 atom stereocenters. The van der Waals surface area contributed by atoms with Gasteiger partial charge in [-0.3, -0.25) is 0 Å². The molecule has 2 aromatic rings. The third-order valence-electron chi connectivity index (χ3n) is 6.96. The molecule has 3 nitrogen and oxygen atoms in total. The Kier molecular flexibility index (Phi) is 7.79. The standard InChI is InChI=1S/C25H33BrN2OS/c1-28-21-9-12-25(28)24(23(15-21)19-5-7-20(26)8-6-19)16-27-13-14-30-17-18-3-10-22(29-2)11-4-18/h3-8,10-11,21,23-25,27H,9,12-17H2,1-2H3/t21-,23+,24-,25+/m0/s1. The minimum atomic E-state index is 0.672. The van der Waals surface area contributed by atoms with Crippen LogP contribution < -0.4 is 10.1 Å². The van der Waals surface area contributed by atoms with Gasteiger partial charge in [-0.1, -0.05) is 40.2 Å². The number of methoxy groups -OCH3 is 1. The first-order chi connectivity index (χ1) is 14.7. The molecule has 2 aromatic carbocycles. The van der Waals surface area contributed by atoms with E-state index >= 15 is 0 Å². The predicted octanol–water partition coefficient (Wildman–Crippen LogP) is 5.55. The summed E-state index contributed by atoms with van der Waals surface area (Å²) in [6.07, 6.45) is 4.02. The molecule has 0 saturated carbocycles. The molecule has 4 rings (SSSR count). The second kappa shape index (κ2) is 10.5. The number of fused-ring (bicyclic) bond motifs is 2. The van der Waals surface area contributed by atoms with Crippen molar-refractivity contribution in [1.29, 1.82) is 0 Å². The number of halogens is 1. The maximum Gasteiger partial charge on any atom is 0.118 e. The molecule has 2 aliphatic heterocycles. The van der Waals surface area contributed by atoms with Crippen molar-refractivity contribution in [3.05, 3.63) is 64.1 Å². The molecule has 0 aliphatic carbocycles. The lowest BCUT2D eigenvalue weighted by Crippen LogP contribution is -2.49. The zero-order valence-corrected chi connectivity index (χ0v) is 20.4. The minimum Gasteiger partial charge on any atom is -0.497 e. The molecule has 0 amide bonds. The zero-order valence-electron chi connectivity index (χ0n) is 18.0. The quantitative estimate of drug-likeness (QED) is 0.467. The van der Waals surface area contributed by atoms with Gasteiger partial charge in [0.25, 0.3) is 0 Å². The Morgan fingerprint density at radius 2 is 1.87 bits per heavy atom. The van der Waals surface area contributed by atoms with Crippen LogP contribution in [0.5, 0.6) is 5.75 Å². The Bertz CT molecular complexity index is 798. The van der Waals surface area contributed by atoms with Crippen LogP contribution in [-0.2, 0) is 5.75 Å². The number of nitrogens with one attached hydrogen (secondary N) is 1. The molecule has 2 fully saturated rings. The first-order valence-electron chi connectivity index (χ1n) is 11.0. The lowest BCUT2D eigenvalue weighted by atomic mass is 9.76. The van der Waals surface area contributed by atoms with Crippen molar-refractivity contribution in [2.75, 3.05) is 33.0 Å². The average molecular weight is 490 g/mol. The van der Waals surface area contributed by atoms with Gasteiger partial charge in [0.1, 0.15) is 5.75 Å². The van der Waals surface area contributed by atoms with E-state index in [1.165, 1.54) is 34.9 Å². The Labute approximate surface area is 194 Å².